The van der Waals surface area contributed by atoms with Crippen LogP contribution in [0.25, 0.3) is 23.6 Å². The number of H-pyrrole nitrogens is 2. The van der Waals surface area contributed by atoms with Gasteiger partial charge in [0.15, 0.2) is 0 Å². The number of carbonyl (C=O) groups excluding carboxylic acids is 1. The molecular formula is C26H34N4O. The molecule has 1 aliphatic heterocycles. The summed E-state index contributed by atoms with van der Waals surface area (Å²) < 4.78 is 0. The fourth-order valence-electron chi connectivity index (χ4n) is 4.27. The van der Waals surface area contributed by atoms with Gasteiger partial charge in [0, 0.05) is 57.7 Å². The van der Waals surface area contributed by atoms with Gasteiger partial charge in [0.1, 0.15) is 0 Å². The summed E-state index contributed by atoms with van der Waals surface area (Å²) in [7, 11) is 0. The highest BCUT2D eigenvalue weighted by molar-refractivity contribution is 5.98. The molecule has 0 radical (unpaired) electrons. The van der Waals surface area contributed by atoms with Crippen molar-refractivity contribution < 1.29 is 4.79 Å². The van der Waals surface area contributed by atoms with Crippen LogP contribution in [0.1, 0.15) is 54.5 Å². The molecule has 0 aliphatic carbocycles. The molecule has 0 spiro atoms. The Balaban J connectivity index is 0.00000132. The minimum Gasteiger partial charge on any atom is -0.373 e. The Morgan fingerprint density at radius 1 is 1.23 bits per heavy atom. The van der Waals surface area contributed by atoms with Crippen molar-refractivity contribution in [2.24, 2.45) is 0 Å². The van der Waals surface area contributed by atoms with Crippen LogP contribution in [0.5, 0.6) is 0 Å². The van der Waals surface area contributed by atoms with Gasteiger partial charge in [-0.2, -0.15) is 0 Å². The van der Waals surface area contributed by atoms with Crippen molar-refractivity contribution >= 4 is 29.5 Å². The lowest BCUT2D eigenvalue weighted by Gasteiger charge is -2.18. The standard InChI is InChI=1S/C24H28N4O.C2H6/c1-14(2)28-11-10-18(13-28)27-24(29)23-15(3)22(26-17(23)5)12-20-16(4)25-21-9-7-6-8-19(20)21;1-2/h6-9,12,18,25-26H,1,4,10-11,13H2,2-3,5H3,(H,27,29);1-2H3/b20-12+;. The van der Waals surface area contributed by atoms with Gasteiger partial charge in [-0.05, 0) is 44.9 Å². The zero-order valence-electron chi connectivity index (χ0n) is 19.4. The van der Waals surface area contributed by atoms with Crippen LogP contribution in [0.2, 0.25) is 0 Å². The van der Waals surface area contributed by atoms with E-state index in [1.54, 1.807) is 0 Å². The summed E-state index contributed by atoms with van der Waals surface area (Å²) in [5.74, 6) is -0.0155. The first-order chi connectivity index (χ1) is 14.8. The molecule has 3 N–H and O–H groups in total. The van der Waals surface area contributed by atoms with Crippen LogP contribution in [-0.2, 0) is 0 Å². The maximum atomic E-state index is 13.0. The molecule has 4 rings (SSSR count). The van der Waals surface area contributed by atoms with Crippen molar-refractivity contribution in [3.05, 3.63) is 69.6 Å². The summed E-state index contributed by atoms with van der Waals surface area (Å²) in [6.45, 7) is 19.9. The Bertz CT molecular complexity index is 1210. The molecule has 1 atom stereocenters. The van der Waals surface area contributed by atoms with Crippen LogP contribution < -0.4 is 15.9 Å². The number of benzene rings is 1. The minimum absolute atomic E-state index is 0.0155. The minimum atomic E-state index is -0.0155. The van der Waals surface area contributed by atoms with Gasteiger partial charge >= 0.3 is 0 Å². The predicted molar refractivity (Wildman–Crippen MR) is 131 cm³/mol. The van der Waals surface area contributed by atoms with Crippen molar-refractivity contribution in [2.75, 3.05) is 13.1 Å². The van der Waals surface area contributed by atoms with E-state index in [0.29, 0.717) is 0 Å². The molecule has 3 heterocycles. The molecule has 5 heteroatoms. The van der Waals surface area contributed by atoms with Gasteiger partial charge in [-0.15, -0.1) is 0 Å². The topological polar surface area (TPSA) is 63.9 Å². The summed E-state index contributed by atoms with van der Waals surface area (Å²) in [5.41, 5.74) is 5.62. The fourth-order valence-corrected chi connectivity index (χ4v) is 4.27. The molecule has 5 nitrogen and oxygen atoms in total. The Morgan fingerprint density at radius 3 is 2.61 bits per heavy atom. The first kappa shape index (κ1) is 22.5. The van der Waals surface area contributed by atoms with Crippen molar-refractivity contribution in [2.45, 2.75) is 47.1 Å². The molecule has 1 unspecified atom stereocenters. The van der Waals surface area contributed by atoms with E-state index in [0.717, 1.165) is 69.2 Å². The smallest absolute Gasteiger partial charge is 0.253 e. The van der Waals surface area contributed by atoms with Crippen LogP contribution in [0.4, 0.5) is 0 Å². The summed E-state index contributed by atoms with van der Waals surface area (Å²) in [6.07, 6.45) is 3.03. The van der Waals surface area contributed by atoms with Gasteiger partial charge in [-0.3, -0.25) is 4.79 Å². The number of rotatable bonds is 4. The maximum Gasteiger partial charge on any atom is 0.253 e. The molecule has 2 aromatic heterocycles. The number of aromatic nitrogens is 2. The number of fused-ring (bicyclic) bond motifs is 1. The van der Waals surface area contributed by atoms with Crippen LogP contribution >= 0.6 is 0 Å². The highest BCUT2D eigenvalue weighted by Crippen LogP contribution is 2.20. The molecule has 1 aromatic carbocycles. The summed E-state index contributed by atoms with van der Waals surface area (Å²) in [6, 6.07) is 8.31. The van der Waals surface area contributed by atoms with E-state index < -0.39 is 0 Å². The summed E-state index contributed by atoms with van der Waals surface area (Å²) in [5, 5.41) is 6.24. The lowest BCUT2D eigenvalue weighted by atomic mass is 10.1. The van der Waals surface area contributed by atoms with E-state index in [2.05, 4.69) is 45.5 Å². The van der Waals surface area contributed by atoms with Crippen LogP contribution in [0.3, 0.4) is 0 Å². The molecule has 31 heavy (non-hydrogen) atoms. The molecule has 0 bridgehead atoms. The number of allylic oxidation sites excluding steroid dienone is 1. The molecular weight excluding hydrogens is 384 g/mol. The SMILES string of the molecule is C=C(C)N1CCC(NC(=O)c2c(C)[nH]c(/C=c3\c(=C)[nH]c4ccccc34)c2C)C1.CC. The number of amides is 1. The van der Waals surface area contributed by atoms with Gasteiger partial charge in [-0.1, -0.05) is 45.2 Å². The first-order valence-electron chi connectivity index (χ1n) is 11.0. The Labute approximate surface area is 184 Å². The number of hydrogen-bond acceptors (Lipinski definition) is 2. The van der Waals surface area contributed by atoms with Gasteiger partial charge < -0.3 is 20.2 Å². The number of nitrogens with one attached hydrogen (secondary N) is 3. The molecule has 1 fully saturated rings. The van der Waals surface area contributed by atoms with E-state index in [1.807, 2.05) is 52.8 Å². The quantitative estimate of drug-likeness (QED) is 0.605. The summed E-state index contributed by atoms with van der Waals surface area (Å²) in [4.78, 5) is 21.9. The normalized spacial score (nSPS) is 16.4. The van der Waals surface area contributed by atoms with E-state index in [9.17, 15) is 4.79 Å². The Hall–Kier alpha value is -3.21. The third-order valence-corrected chi connectivity index (χ3v) is 5.88. The largest absolute Gasteiger partial charge is 0.373 e. The van der Waals surface area contributed by atoms with Gasteiger partial charge in [0.25, 0.3) is 5.91 Å². The molecule has 1 amide bonds. The Kier molecular flexibility index (Phi) is 6.74. The number of aromatic amines is 2. The molecule has 164 valence electrons. The van der Waals surface area contributed by atoms with E-state index >= 15 is 0 Å². The average Bonchev–Trinajstić information content (AvgIpc) is 3.41. The number of para-hydroxylation sites is 1. The third-order valence-electron chi connectivity index (χ3n) is 5.88. The molecule has 0 saturated carbocycles. The second-order valence-electron chi connectivity index (χ2n) is 8.01. The molecule has 1 saturated heterocycles. The van der Waals surface area contributed by atoms with Crippen molar-refractivity contribution in [1.82, 2.24) is 20.2 Å². The second-order valence-corrected chi connectivity index (χ2v) is 8.01. The first-order valence-corrected chi connectivity index (χ1v) is 11.0. The van der Waals surface area contributed by atoms with Gasteiger partial charge in [0.05, 0.1) is 5.56 Å². The monoisotopic (exact) mass is 418 g/mol. The zero-order valence-corrected chi connectivity index (χ0v) is 19.4. The Morgan fingerprint density at radius 2 is 1.94 bits per heavy atom. The summed E-state index contributed by atoms with van der Waals surface area (Å²) >= 11 is 0. The van der Waals surface area contributed by atoms with E-state index in [4.69, 9.17) is 0 Å². The maximum absolute atomic E-state index is 13.0. The van der Waals surface area contributed by atoms with E-state index in [1.165, 1.54) is 0 Å². The highest BCUT2D eigenvalue weighted by Gasteiger charge is 2.26. The number of likely N-dealkylation sites (tertiary alicyclic amines) is 1. The highest BCUT2D eigenvalue weighted by atomic mass is 16.1. The number of nitrogens with zero attached hydrogens (tertiary/aromatic N) is 1. The van der Waals surface area contributed by atoms with Crippen molar-refractivity contribution in [3.8, 4) is 0 Å². The van der Waals surface area contributed by atoms with Gasteiger partial charge in [-0.25, -0.2) is 0 Å². The van der Waals surface area contributed by atoms with Crippen LogP contribution in [0.15, 0.2) is 36.5 Å². The second kappa shape index (κ2) is 9.29. The average molecular weight is 419 g/mol. The van der Waals surface area contributed by atoms with Crippen LogP contribution in [-0.4, -0.2) is 39.9 Å². The lowest BCUT2D eigenvalue weighted by Crippen LogP contribution is -2.37. The lowest BCUT2D eigenvalue weighted by molar-refractivity contribution is 0.0937. The zero-order chi connectivity index (χ0) is 22.7. The van der Waals surface area contributed by atoms with Crippen molar-refractivity contribution in [3.63, 3.8) is 0 Å². The van der Waals surface area contributed by atoms with E-state index in [-0.39, 0.29) is 11.9 Å². The molecule has 3 aromatic rings. The number of carbonyl (C=O) groups is 1. The third kappa shape index (κ3) is 4.46. The van der Waals surface area contributed by atoms with Crippen LogP contribution in [0, 0.1) is 13.8 Å². The molecule has 1 aliphatic rings. The van der Waals surface area contributed by atoms with Gasteiger partial charge in [0.2, 0.25) is 0 Å². The predicted octanol–water partition coefficient (Wildman–Crippen LogP) is 3.72. The fraction of sp³-hybridized carbons (Fsp3) is 0.346. The number of hydrogen-bond donors (Lipinski definition) is 3. The van der Waals surface area contributed by atoms with Crippen molar-refractivity contribution in [1.29, 1.82) is 0 Å². The number of aryl methyl sites for hydroxylation is 1.